The molecule has 12 fully saturated rings. The number of ketones is 3. The predicted octanol–water partition coefficient (Wildman–Crippen LogP) is 22.6. The van der Waals surface area contributed by atoms with Crippen molar-refractivity contribution < 1.29 is 42.8 Å². The molecule has 0 N–H and O–H groups in total. The molecule has 18 atom stereocenters. The lowest BCUT2D eigenvalue weighted by Crippen LogP contribution is -2.57. The van der Waals surface area contributed by atoms with Gasteiger partial charge in [-0.15, -0.1) is 0 Å². The van der Waals surface area contributed by atoms with Crippen molar-refractivity contribution >= 4 is 17.3 Å². The first-order chi connectivity index (χ1) is 53.1. The summed E-state index contributed by atoms with van der Waals surface area (Å²) in [6, 6.07) is 62.7. The number of carbonyl (C=O) groups excluding carboxylic acids is 3. The third-order valence-corrected chi connectivity index (χ3v) is 32.6. The molecule has 18 rings (SSSR count). The third kappa shape index (κ3) is 13.1. The van der Waals surface area contributed by atoms with Crippen LogP contribution in [0.1, 0.15) is 211 Å². The first kappa shape index (κ1) is 78.2. The van der Waals surface area contributed by atoms with Gasteiger partial charge in [0, 0.05) is 50.2 Å². The highest BCUT2D eigenvalue weighted by molar-refractivity contribution is 5.95. The smallest absolute Gasteiger partial charge is 0.144 e. The number of fused-ring (bicyclic) bond motifs is 9. The number of Topliss-reactive ketones (excluding diaryl/α,β-unsaturated/α-hetero) is 3. The van der Waals surface area contributed by atoms with Crippen molar-refractivity contribution in [2.75, 3.05) is 19.8 Å². The molecule has 6 aromatic carbocycles. The quantitative estimate of drug-likeness (QED) is 0.0651. The molecule has 0 unspecified atom stereocenters. The maximum atomic E-state index is 14.8. The minimum Gasteiger partial charge on any atom is -0.376 e. The first-order valence-corrected chi connectivity index (χ1v) is 42.6. The summed E-state index contributed by atoms with van der Waals surface area (Å²) in [7, 11) is 0. The molecule has 0 aliphatic heterocycles. The normalized spacial score (nSPS) is 37.9. The summed E-state index contributed by atoms with van der Waals surface area (Å²) in [5.41, 5.74) is 9.18. The zero-order valence-corrected chi connectivity index (χ0v) is 68.4. The van der Waals surface area contributed by atoms with Crippen molar-refractivity contribution in [3.8, 4) is 0 Å². The van der Waals surface area contributed by atoms with E-state index in [-0.39, 0.29) is 119 Å². The third-order valence-electron chi connectivity index (χ3n) is 32.6. The molecule has 12 aliphatic rings. The molecule has 0 saturated heterocycles. The lowest BCUT2D eigenvalue weighted by Gasteiger charge is -2.55. The molecule has 6 aromatic rings. The Hall–Kier alpha value is -6.69. The van der Waals surface area contributed by atoms with E-state index in [4.69, 9.17) is 28.4 Å². The molecule has 0 aromatic heterocycles. The van der Waals surface area contributed by atoms with E-state index in [0.29, 0.717) is 76.8 Å². The van der Waals surface area contributed by atoms with E-state index in [1.165, 1.54) is 50.1 Å². The van der Waals surface area contributed by atoms with Gasteiger partial charge < -0.3 is 28.4 Å². The highest BCUT2D eigenvalue weighted by atomic mass is 16.5. The van der Waals surface area contributed by atoms with Gasteiger partial charge in [-0.3, -0.25) is 14.4 Å². The zero-order chi connectivity index (χ0) is 77.7. The molecule has 6 bridgehead atoms. The molecule has 0 radical (unpaired) electrons. The monoisotopic (exact) mass is 1490 g/mol. The Balaban J connectivity index is 0.000000126. The van der Waals surface area contributed by atoms with Gasteiger partial charge >= 0.3 is 0 Å². The minimum atomic E-state index is -0.311. The number of benzene rings is 6. The second-order valence-corrected chi connectivity index (χ2v) is 40.4. The van der Waals surface area contributed by atoms with Crippen LogP contribution in [0.5, 0.6) is 0 Å². The van der Waals surface area contributed by atoms with Gasteiger partial charge in [-0.05, 0) is 199 Å². The van der Waals surface area contributed by atoms with E-state index in [2.05, 4.69) is 228 Å². The van der Waals surface area contributed by atoms with E-state index in [1.54, 1.807) is 0 Å². The van der Waals surface area contributed by atoms with Crippen molar-refractivity contribution in [3.63, 3.8) is 0 Å². The summed E-state index contributed by atoms with van der Waals surface area (Å²) >= 11 is 0. The van der Waals surface area contributed by atoms with E-state index >= 15 is 0 Å². The van der Waals surface area contributed by atoms with Crippen LogP contribution in [0, 0.1) is 100 Å². The van der Waals surface area contributed by atoms with Crippen molar-refractivity contribution in [2.45, 2.75) is 236 Å². The summed E-state index contributed by atoms with van der Waals surface area (Å²) in [6.07, 6.45) is 17.9. The van der Waals surface area contributed by atoms with Crippen LogP contribution in [-0.2, 0) is 82.4 Å². The van der Waals surface area contributed by atoms with Gasteiger partial charge in [-0.25, -0.2) is 0 Å². The Bertz CT molecular complexity index is 3950. The number of hydrogen-bond donors (Lipinski definition) is 0. The zero-order valence-electron chi connectivity index (χ0n) is 68.4. The van der Waals surface area contributed by atoms with Gasteiger partial charge in [-0.2, -0.15) is 0 Å². The van der Waals surface area contributed by atoms with E-state index in [9.17, 15) is 14.4 Å². The number of carbonyl (C=O) groups is 3. The van der Waals surface area contributed by atoms with E-state index in [1.807, 2.05) is 36.4 Å². The highest BCUT2D eigenvalue weighted by Gasteiger charge is 2.81. The number of hydrogen-bond acceptors (Lipinski definition) is 9. The van der Waals surface area contributed by atoms with Gasteiger partial charge in [0.15, 0.2) is 0 Å². The molecule has 9 nitrogen and oxygen atoms in total. The standard InChI is InChI=1S/3C34H42O3/c3*1-24-19-33-22-32(24,4)18-15-27(33)34(23-36-20-25-11-7-5-8-12-25)28(37-21-26-13-9-6-10-14-26)16-17-31(2,3)29(34)30(33)35/h3*5-14,27-29H,1,15-23H2,2-4H3/t3*27-,28-,29-,32+,33-,34-/m000/s1. The summed E-state index contributed by atoms with van der Waals surface area (Å²) in [6.45, 7) is 39.7. The van der Waals surface area contributed by atoms with Gasteiger partial charge in [0.2, 0.25) is 0 Å². The average Bonchev–Trinajstić information content (AvgIpc) is 1.51. The highest BCUT2D eigenvalue weighted by Crippen LogP contribution is 2.80. The summed E-state index contributed by atoms with van der Waals surface area (Å²) in [5.74, 6) is 2.15. The lowest BCUT2D eigenvalue weighted by molar-refractivity contribution is -0.187. The van der Waals surface area contributed by atoms with Gasteiger partial charge in [0.25, 0.3) is 0 Å². The first-order valence-electron chi connectivity index (χ1n) is 42.6. The summed E-state index contributed by atoms with van der Waals surface area (Å²) in [4.78, 5) is 44.3. The van der Waals surface area contributed by atoms with Gasteiger partial charge in [0.1, 0.15) is 17.3 Å². The molecule has 3 spiro atoms. The largest absolute Gasteiger partial charge is 0.376 e. The molecular weight excluding hydrogens is 1370 g/mol. The topological polar surface area (TPSA) is 107 Å². The molecule has 0 heterocycles. The van der Waals surface area contributed by atoms with Crippen LogP contribution >= 0.6 is 0 Å². The average molecular weight is 1500 g/mol. The Morgan fingerprint density at radius 3 is 0.739 bits per heavy atom. The van der Waals surface area contributed by atoms with Crippen LogP contribution in [0.2, 0.25) is 0 Å². The Kier molecular flexibility index (Phi) is 20.8. The Morgan fingerprint density at radius 2 is 0.514 bits per heavy atom. The predicted molar refractivity (Wildman–Crippen MR) is 440 cm³/mol. The second kappa shape index (κ2) is 29.5. The van der Waals surface area contributed by atoms with E-state index < -0.39 is 0 Å². The Labute approximate surface area is 664 Å². The fraction of sp³-hybridized carbons (Fsp3) is 0.559. The molecule has 12 aliphatic carbocycles. The van der Waals surface area contributed by atoms with Crippen molar-refractivity contribution in [3.05, 3.63) is 252 Å². The minimum absolute atomic E-state index is 0.00745. The molecule has 111 heavy (non-hydrogen) atoms. The Morgan fingerprint density at radius 1 is 0.297 bits per heavy atom. The molecule has 12 saturated carbocycles. The maximum absolute atomic E-state index is 14.8. The number of rotatable bonds is 21. The fourth-order valence-corrected chi connectivity index (χ4v) is 27.6. The summed E-state index contributed by atoms with van der Waals surface area (Å²) < 4.78 is 40.6. The molecule has 0 amide bonds. The molecular formula is C102H126O9. The molecule has 9 heteroatoms. The number of ether oxygens (including phenoxy) is 6. The van der Waals surface area contributed by atoms with Crippen LogP contribution in [0.25, 0.3) is 0 Å². The molecule has 588 valence electrons. The van der Waals surface area contributed by atoms with Crippen LogP contribution in [0.15, 0.2) is 218 Å². The van der Waals surface area contributed by atoms with Crippen LogP contribution in [0.4, 0.5) is 0 Å². The van der Waals surface area contributed by atoms with Crippen molar-refractivity contribution in [1.82, 2.24) is 0 Å². The van der Waals surface area contributed by atoms with Crippen LogP contribution in [-0.4, -0.2) is 55.5 Å². The maximum Gasteiger partial charge on any atom is 0.144 e. The SMILES string of the molecule is C=C1C[C@]23C[C@@]1(C)CC[C@@H]2[C@@]1(COCc2ccccc2)[C@@H](OCc2ccccc2)CCC(C)(C)[C@@H]1C3=O.C=C1C[C@]23C[C@@]1(C)CC[C@@H]2[C@@]1(COCc2ccccc2)[C@@H](OCc2ccccc2)CCC(C)(C)[C@@H]1C3=O.C=C1C[C@]23C[C@@]1(C)CC[C@@H]2[C@@]1(COCc2ccccc2)[C@@H](OCc2ccccc2)CCC(C)(C)[C@@H]1C3=O. The van der Waals surface area contributed by atoms with Gasteiger partial charge in [-0.1, -0.05) is 281 Å². The van der Waals surface area contributed by atoms with Crippen LogP contribution in [0.3, 0.4) is 0 Å². The van der Waals surface area contributed by atoms with Crippen LogP contribution < -0.4 is 0 Å². The van der Waals surface area contributed by atoms with Crippen molar-refractivity contribution in [2.24, 2.45) is 100 Å². The van der Waals surface area contributed by atoms with Gasteiger partial charge in [0.05, 0.1) is 77.8 Å². The van der Waals surface area contributed by atoms with E-state index in [0.717, 1.165) is 116 Å². The lowest BCUT2D eigenvalue weighted by atomic mass is 9.52. The summed E-state index contributed by atoms with van der Waals surface area (Å²) in [5, 5.41) is 0. The van der Waals surface area contributed by atoms with Crippen molar-refractivity contribution in [1.29, 1.82) is 0 Å². The fourth-order valence-electron chi connectivity index (χ4n) is 27.6. The number of allylic oxidation sites excluding steroid dienone is 3. The second-order valence-electron chi connectivity index (χ2n) is 40.4.